The van der Waals surface area contributed by atoms with E-state index in [2.05, 4.69) is 27.6 Å². The lowest BCUT2D eigenvalue weighted by atomic mass is 9.87. The minimum atomic E-state index is -0.235. The van der Waals surface area contributed by atoms with Gasteiger partial charge < -0.3 is 5.32 Å². The minimum absolute atomic E-state index is 0.0477. The smallest absolute Gasteiger partial charge is 0.272 e. The van der Waals surface area contributed by atoms with E-state index in [4.69, 9.17) is 0 Å². The third kappa shape index (κ3) is 3.05. The molecule has 0 fully saturated rings. The van der Waals surface area contributed by atoms with E-state index in [9.17, 15) is 9.59 Å². The van der Waals surface area contributed by atoms with Crippen molar-refractivity contribution >= 4 is 16.7 Å². The van der Waals surface area contributed by atoms with Gasteiger partial charge in [-0.05, 0) is 36.5 Å². The van der Waals surface area contributed by atoms with E-state index in [1.807, 2.05) is 24.3 Å². The number of carbonyl (C=O) groups is 1. The van der Waals surface area contributed by atoms with E-state index in [0.29, 0.717) is 11.1 Å². The molecule has 1 aromatic heterocycles. The lowest BCUT2D eigenvalue weighted by Crippen LogP contribution is -2.32. The number of carbonyl (C=O) groups excluding carboxylic acids is 1. The molecule has 0 saturated heterocycles. The van der Waals surface area contributed by atoms with Gasteiger partial charge in [-0.2, -0.15) is 5.10 Å². The highest BCUT2D eigenvalue weighted by Gasteiger charge is 2.22. The van der Waals surface area contributed by atoms with Crippen LogP contribution in [0.25, 0.3) is 10.8 Å². The fourth-order valence-electron chi connectivity index (χ4n) is 3.61. The number of rotatable bonds is 3. The molecule has 0 spiro atoms. The first kappa shape index (κ1) is 15.6. The van der Waals surface area contributed by atoms with E-state index in [1.165, 1.54) is 11.1 Å². The van der Waals surface area contributed by atoms with E-state index in [0.717, 1.165) is 24.6 Å². The third-order valence-corrected chi connectivity index (χ3v) is 4.81. The Bertz CT molecular complexity index is 993. The molecule has 1 aliphatic rings. The Labute approximate surface area is 145 Å². The zero-order valence-electron chi connectivity index (χ0n) is 13.8. The molecule has 3 aromatic rings. The summed E-state index contributed by atoms with van der Waals surface area (Å²) in [7, 11) is 0. The van der Waals surface area contributed by atoms with Crippen LogP contribution in [-0.4, -0.2) is 16.1 Å². The highest BCUT2D eigenvalue weighted by molar-refractivity contribution is 5.88. The van der Waals surface area contributed by atoms with Crippen LogP contribution >= 0.6 is 0 Å². The van der Waals surface area contributed by atoms with Crippen molar-refractivity contribution < 1.29 is 4.79 Å². The van der Waals surface area contributed by atoms with Crippen molar-refractivity contribution in [1.82, 2.24) is 15.5 Å². The zero-order valence-corrected chi connectivity index (χ0v) is 13.8. The molecule has 0 radical (unpaired) electrons. The Hall–Kier alpha value is -2.95. The molecule has 1 heterocycles. The van der Waals surface area contributed by atoms with Gasteiger partial charge in [-0.25, -0.2) is 5.10 Å². The molecular weight excluding hydrogens is 314 g/mol. The number of aromatic nitrogens is 2. The molecule has 1 atom stereocenters. The van der Waals surface area contributed by atoms with Gasteiger partial charge >= 0.3 is 0 Å². The van der Waals surface area contributed by atoms with Gasteiger partial charge in [0.1, 0.15) is 0 Å². The molecule has 5 heteroatoms. The topological polar surface area (TPSA) is 74.8 Å². The summed E-state index contributed by atoms with van der Waals surface area (Å²) in [6.45, 7) is 0. The number of aryl methyl sites for hydroxylation is 1. The summed E-state index contributed by atoms with van der Waals surface area (Å²) in [5, 5.41) is 11.0. The van der Waals surface area contributed by atoms with Crippen LogP contribution in [0.4, 0.5) is 0 Å². The van der Waals surface area contributed by atoms with Gasteiger partial charge in [0.2, 0.25) is 5.91 Å². The first-order chi connectivity index (χ1) is 12.2. The van der Waals surface area contributed by atoms with Crippen molar-refractivity contribution in [3.63, 3.8) is 0 Å². The van der Waals surface area contributed by atoms with Crippen molar-refractivity contribution in [1.29, 1.82) is 0 Å². The SMILES string of the molecule is O=C(Cc1n[nH]c(=O)c2ccccc12)NC1CCCc2ccccc21. The Morgan fingerprint density at radius 3 is 2.76 bits per heavy atom. The summed E-state index contributed by atoms with van der Waals surface area (Å²) in [5.41, 5.74) is 2.88. The van der Waals surface area contributed by atoms with Crippen molar-refractivity contribution in [2.75, 3.05) is 0 Å². The second-order valence-electron chi connectivity index (χ2n) is 6.43. The maximum atomic E-state index is 12.6. The van der Waals surface area contributed by atoms with Crippen molar-refractivity contribution in [2.24, 2.45) is 0 Å². The van der Waals surface area contributed by atoms with Crippen molar-refractivity contribution in [3.05, 3.63) is 75.7 Å². The number of benzene rings is 2. The second kappa shape index (κ2) is 6.51. The molecule has 0 saturated carbocycles. The van der Waals surface area contributed by atoms with E-state index in [-0.39, 0.29) is 23.9 Å². The Kier molecular flexibility index (Phi) is 4.06. The Morgan fingerprint density at radius 2 is 1.88 bits per heavy atom. The lowest BCUT2D eigenvalue weighted by Gasteiger charge is -2.26. The van der Waals surface area contributed by atoms with Crippen LogP contribution in [0, 0.1) is 0 Å². The molecule has 5 nitrogen and oxygen atoms in total. The fourth-order valence-corrected chi connectivity index (χ4v) is 3.61. The molecule has 1 aliphatic carbocycles. The maximum Gasteiger partial charge on any atom is 0.272 e. The van der Waals surface area contributed by atoms with Crippen LogP contribution in [0.15, 0.2) is 53.3 Å². The molecule has 0 bridgehead atoms. The van der Waals surface area contributed by atoms with Crippen LogP contribution in [-0.2, 0) is 17.6 Å². The van der Waals surface area contributed by atoms with Crippen molar-refractivity contribution in [2.45, 2.75) is 31.7 Å². The van der Waals surface area contributed by atoms with Crippen LogP contribution in [0.1, 0.15) is 35.7 Å². The van der Waals surface area contributed by atoms with Crippen LogP contribution < -0.4 is 10.9 Å². The summed E-state index contributed by atoms with van der Waals surface area (Å²) in [6, 6.07) is 15.6. The van der Waals surface area contributed by atoms with Crippen LogP contribution in [0.5, 0.6) is 0 Å². The van der Waals surface area contributed by atoms with Gasteiger partial charge in [0.05, 0.1) is 23.5 Å². The lowest BCUT2D eigenvalue weighted by molar-refractivity contribution is -0.121. The van der Waals surface area contributed by atoms with Gasteiger partial charge in [0.25, 0.3) is 5.56 Å². The summed E-state index contributed by atoms with van der Waals surface area (Å²) in [6.07, 6.45) is 3.23. The van der Waals surface area contributed by atoms with E-state index in [1.54, 1.807) is 12.1 Å². The summed E-state index contributed by atoms with van der Waals surface area (Å²) >= 11 is 0. The van der Waals surface area contributed by atoms with Gasteiger partial charge in [0, 0.05) is 5.39 Å². The van der Waals surface area contributed by atoms with Crippen LogP contribution in [0.2, 0.25) is 0 Å². The number of nitrogens with one attached hydrogen (secondary N) is 2. The highest BCUT2D eigenvalue weighted by Crippen LogP contribution is 2.29. The highest BCUT2D eigenvalue weighted by atomic mass is 16.1. The van der Waals surface area contributed by atoms with Crippen LogP contribution in [0.3, 0.4) is 0 Å². The standard InChI is InChI=1S/C20H19N3O2/c24-19(21-17-11-5-7-13-6-1-2-8-14(13)17)12-18-15-9-3-4-10-16(15)20(25)23-22-18/h1-4,6,8-10,17H,5,7,11-12H2,(H,21,24)(H,23,25). The number of amides is 1. The number of hydrogen-bond donors (Lipinski definition) is 2. The number of H-pyrrole nitrogens is 1. The van der Waals surface area contributed by atoms with Gasteiger partial charge in [-0.3, -0.25) is 9.59 Å². The van der Waals surface area contributed by atoms with E-state index >= 15 is 0 Å². The molecule has 2 aromatic carbocycles. The normalized spacial score (nSPS) is 16.4. The molecule has 4 rings (SSSR count). The molecule has 25 heavy (non-hydrogen) atoms. The maximum absolute atomic E-state index is 12.6. The minimum Gasteiger partial charge on any atom is -0.349 e. The number of aromatic amines is 1. The molecule has 0 aliphatic heterocycles. The predicted molar refractivity (Wildman–Crippen MR) is 96.3 cm³/mol. The molecule has 1 amide bonds. The molecule has 1 unspecified atom stereocenters. The Balaban J connectivity index is 1.56. The van der Waals surface area contributed by atoms with Gasteiger partial charge in [-0.15, -0.1) is 0 Å². The number of fused-ring (bicyclic) bond motifs is 2. The predicted octanol–water partition coefficient (Wildman–Crippen LogP) is 2.66. The average molecular weight is 333 g/mol. The summed E-state index contributed by atoms with van der Waals surface area (Å²) in [4.78, 5) is 24.4. The summed E-state index contributed by atoms with van der Waals surface area (Å²) < 4.78 is 0. The molecule has 126 valence electrons. The number of hydrogen-bond acceptors (Lipinski definition) is 3. The fraction of sp³-hybridized carbons (Fsp3) is 0.250. The van der Waals surface area contributed by atoms with Gasteiger partial charge in [0.15, 0.2) is 0 Å². The monoisotopic (exact) mass is 333 g/mol. The molecular formula is C20H19N3O2. The first-order valence-corrected chi connectivity index (χ1v) is 8.56. The van der Waals surface area contributed by atoms with E-state index < -0.39 is 0 Å². The van der Waals surface area contributed by atoms with Crippen molar-refractivity contribution in [3.8, 4) is 0 Å². The quantitative estimate of drug-likeness (QED) is 0.774. The third-order valence-electron chi connectivity index (χ3n) is 4.81. The van der Waals surface area contributed by atoms with Gasteiger partial charge in [-0.1, -0.05) is 42.5 Å². The largest absolute Gasteiger partial charge is 0.349 e. The number of nitrogens with zero attached hydrogens (tertiary/aromatic N) is 1. The molecule has 2 N–H and O–H groups in total. The second-order valence-corrected chi connectivity index (χ2v) is 6.43. The first-order valence-electron chi connectivity index (χ1n) is 8.56. The zero-order chi connectivity index (χ0) is 17.2. The summed E-state index contributed by atoms with van der Waals surface area (Å²) in [5.74, 6) is -0.0774. The Morgan fingerprint density at radius 1 is 1.12 bits per heavy atom. The average Bonchev–Trinajstić information content (AvgIpc) is 2.65.